The molecule has 3 nitrogen and oxygen atoms in total. The predicted molar refractivity (Wildman–Crippen MR) is 47.5 cm³/mol. The van der Waals surface area contributed by atoms with Crippen molar-refractivity contribution in [1.29, 1.82) is 0 Å². The second-order valence-corrected chi connectivity index (χ2v) is 2.68. The fraction of sp³-hybridized carbons (Fsp3) is 0.333. The van der Waals surface area contributed by atoms with Crippen molar-refractivity contribution in [2.45, 2.75) is 6.29 Å². The van der Waals surface area contributed by atoms with Gasteiger partial charge in [0.05, 0.1) is 5.69 Å². The van der Waals surface area contributed by atoms with E-state index in [9.17, 15) is 0 Å². The molecule has 0 unspecified atom stereocenters. The number of benzene rings is 1. The van der Waals surface area contributed by atoms with Gasteiger partial charge in [-0.05, 0) is 0 Å². The van der Waals surface area contributed by atoms with Crippen LogP contribution in [0.15, 0.2) is 18.2 Å². The molecule has 2 radical (unpaired) electrons. The first-order valence-electron chi connectivity index (χ1n) is 4.07. The minimum Gasteiger partial charge on any atom is -0.357 e. The van der Waals surface area contributed by atoms with Crippen molar-refractivity contribution in [3.05, 3.63) is 30.3 Å². The van der Waals surface area contributed by atoms with Crippen LogP contribution in [0.5, 0.6) is 0 Å². The molecule has 1 fully saturated rings. The molecule has 3 N–H and O–H groups in total. The number of hydrogen-bond donors (Lipinski definition) is 3. The molecule has 1 aliphatic heterocycles. The average Bonchev–Trinajstić information content (AvgIpc) is 2.59. The van der Waals surface area contributed by atoms with Gasteiger partial charge in [-0.3, -0.25) is 10.6 Å². The van der Waals surface area contributed by atoms with Gasteiger partial charge in [-0.15, -0.1) is 0 Å². The third kappa shape index (κ3) is 1.75. The van der Waals surface area contributed by atoms with Crippen molar-refractivity contribution in [3.63, 3.8) is 0 Å². The monoisotopic (exact) mass is 161 g/mol. The second kappa shape index (κ2) is 3.56. The van der Waals surface area contributed by atoms with Crippen molar-refractivity contribution in [1.82, 2.24) is 10.6 Å². The van der Waals surface area contributed by atoms with Crippen LogP contribution in [0.25, 0.3) is 0 Å². The molecule has 0 aliphatic carbocycles. The zero-order valence-electron chi connectivity index (χ0n) is 6.72. The lowest BCUT2D eigenvalue weighted by Gasteiger charge is -2.13. The molecule has 3 heteroatoms. The van der Waals surface area contributed by atoms with E-state index in [-0.39, 0.29) is 6.29 Å². The molecule has 1 aromatic rings. The Morgan fingerprint density at radius 3 is 2.58 bits per heavy atom. The summed E-state index contributed by atoms with van der Waals surface area (Å²) in [6, 6.07) is 11.7. The number of para-hydroxylation sites is 1. The quantitative estimate of drug-likeness (QED) is 0.579. The molecule has 0 atom stereocenters. The van der Waals surface area contributed by atoms with Crippen LogP contribution in [0.4, 0.5) is 5.69 Å². The Bertz CT molecular complexity index is 229. The molecular formula is C9H11N3. The molecule has 0 spiro atoms. The predicted octanol–water partition coefficient (Wildman–Crippen LogP) is 0.175. The lowest BCUT2D eigenvalue weighted by molar-refractivity contribution is 0.620. The summed E-state index contributed by atoms with van der Waals surface area (Å²) in [6.07, 6.45) is 0.167. The normalized spacial score (nSPS) is 18.0. The fourth-order valence-electron chi connectivity index (χ4n) is 1.19. The van der Waals surface area contributed by atoms with Gasteiger partial charge in [0.1, 0.15) is 6.29 Å². The molecule has 2 rings (SSSR count). The molecule has 1 saturated heterocycles. The van der Waals surface area contributed by atoms with E-state index in [4.69, 9.17) is 0 Å². The molecule has 62 valence electrons. The Kier molecular flexibility index (Phi) is 2.25. The van der Waals surface area contributed by atoms with Crippen molar-refractivity contribution < 1.29 is 0 Å². The highest BCUT2D eigenvalue weighted by molar-refractivity contribution is 5.40. The Balaban J connectivity index is 1.94. The fourth-order valence-corrected chi connectivity index (χ4v) is 1.19. The van der Waals surface area contributed by atoms with Crippen molar-refractivity contribution in [2.75, 3.05) is 18.4 Å². The third-order valence-corrected chi connectivity index (χ3v) is 1.76. The summed E-state index contributed by atoms with van der Waals surface area (Å²) < 4.78 is 0. The summed E-state index contributed by atoms with van der Waals surface area (Å²) in [5.41, 5.74) is 0.893. The van der Waals surface area contributed by atoms with Gasteiger partial charge in [0.15, 0.2) is 0 Å². The van der Waals surface area contributed by atoms with Crippen LogP contribution < -0.4 is 16.0 Å². The lowest BCUT2D eigenvalue weighted by Crippen LogP contribution is -2.38. The topological polar surface area (TPSA) is 36.1 Å². The Labute approximate surface area is 72.2 Å². The summed E-state index contributed by atoms with van der Waals surface area (Å²) in [6.45, 7) is 2.01. The van der Waals surface area contributed by atoms with E-state index in [2.05, 4.69) is 28.1 Å². The van der Waals surface area contributed by atoms with Crippen molar-refractivity contribution >= 4 is 5.69 Å². The van der Waals surface area contributed by atoms with Gasteiger partial charge < -0.3 is 5.32 Å². The first kappa shape index (κ1) is 7.58. The molecule has 1 aliphatic rings. The third-order valence-electron chi connectivity index (χ3n) is 1.76. The van der Waals surface area contributed by atoms with Crippen LogP contribution in [-0.2, 0) is 0 Å². The average molecular weight is 161 g/mol. The van der Waals surface area contributed by atoms with Crippen LogP contribution in [-0.4, -0.2) is 19.4 Å². The molecular weight excluding hydrogens is 150 g/mol. The highest BCUT2D eigenvalue weighted by atomic mass is 15.3. The van der Waals surface area contributed by atoms with Gasteiger partial charge in [0, 0.05) is 25.2 Å². The summed E-state index contributed by atoms with van der Waals surface area (Å²) in [5.74, 6) is 0. The molecule has 1 heterocycles. The van der Waals surface area contributed by atoms with Crippen molar-refractivity contribution in [2.24, 2.45) is 0 Å². The lowest BCUT2D eigenvalue weighted by atomic mass is 10.3. The molecule has 0 saturated carbocycles. The summed E-state index contributed by atoms with van der Waals surface area (Å²) in [4.78, 5) is 0. The van der Waals surface area contributed by atoms with Crippen LogP contribution in [0.1, 0.15) is 0 Å². The van der Waals surface area contributed by atoms with Crippen LogP contribution in [0.2, 0.25) is 0 Å². The first-order valence-corrected chi connectivity index (χ1v) is 4.07. The Morgan fingerprint density at radius 1 is 1.25 bits per heavy atom. The largest absolute Gasteiger partial charge is 0.357 e. The second-order valence-electron chi connectivity index (χ2n) is 2.68. The van der Waals surface area contributed by atoms with Crippen LogP contribution in [0.3, 0.4) is 0 Å². The van der Waals surface area contributed by atoms with E-state index in [0.717, 1.165) is 18.8 Å². The van der Waals surface area contributed by atoms with E-state index >= 15 is 0 Å². The zero-order chi connectivity index (χ0) is 8.23. The molecule has 1 aromatic carbocycles. The van der Waals surface area contributed by atoms with Gasteiger partial charge >= 0.3 is 0 Å². The van der Waals surface area contributed by atoms with Gasteiger partial charge in [-0.25, -0.2) is 0 Å². The highest BCUT2D eigenvalue weighted by Gasteiger charge is 2.11. The van der Waals surface area contributed by atoms with Gasteiger partial charge in [0.25, 0.3) is 0 Å². The highest BCUT2D eigenvalue weighted by Crippen LogP contribution is 2.03. The maximum Gasteiger partial charge on any atom is 0.132 e. The molecule has 0 bridgehead atoms. The van der Waals surface area contributed by atoms with Crippen LogP contribution >= 0.6 is 0 Å². The van der Waals surface area contributed by atoms with E-state index in [1.165, 1.54) is 0 Å². The SMILES string of the molecule is [c]1ccc[c]c1NC1NCCN1. The smallest absolute Gasteiger partial charge is 0.132 e. The Morgan fingerprint density at radius 2 is 1.92 bits per heavy atom. The maximum atomic E-state index is 3.24. The number of anilines is 1. The van der Waals surface area contributed by atoms with Crippen LogP contribution in [0, 0.1) is 12.1 Å². The molecule has 12 heavy (non-hydrogen) atoms. The van der Waals surface area contributed by atoms with Gasteiger partial charge in [0.2, 0.25) is 0 Å². The van der Waals surface area contributed by atoms with E-state index in [1.807, 2.05) is 18.2 Å². The molecule has 0 aromatic heterocycles. The summed E-state index contributed by atoms with van der Waals surface area (Å²) >= 11 is 0. The Hall–Kier alpha value is -1.06. The van der Waals surface area contributed by atoms with Gasteiger partial charge in [-0.2, -0.15) is 0 Å². The minimum absolute atomic E-state index is 0.167. The van der Waals surface area contributed by atoms with Gasteiger partial charge in [-0.1, -0.05) is 18.2 Å². The minimum atomic E-state index is 0.167. The van der Waals surface area contributed by atoms with E-state index < -0.39 is 0 Å². The zero-order valence-corrected chi connectivity index (χ0v) is 6.72. The number of nitrogens with one attached hydrogen (secondary N) is 3. The summed E-state index contributed by atoms with van der Waals surface area (Å²) in [5, 5.41) is 9.69. The first-order chi connectivity index (χ1) is 5.95. The van der Waals surface area contributed by atoms with Crippen molar-refractivity contribution in [3.8, 4) is 0 Å². The number of rotatable bonds is 2. The standard InChI is InChI=1S/C9H11N3/c1-2-4-8(5-3-1)12-9-10-6-7-11-9/h1-3,9-12H,6-7H2. The number of hydrogen-bond acceptors (Lipinski definition) is 3. The molecule has 0 amide bonds. The van der Waals surface area contributed by atoms with E-state index in [0.29, 0.717) is 0 Å². The van der Waals surface area contributed by atoms with E-state index in [1.54, 1.807) is 0 Å². The maximum absolute atomic E-state index is 3.24. The summed E-state index contributed by atoms with van der Waals surface area (Å²) in [7, 11) is 0.